The van der Waals surface area contributed by atoms with Crippen LogP contribution in [0.1, 0.15) is 10.4 Å². The van der Waals surface area contributed by atoms with E-state index in [9.17, 15) is 13.2 Å². The van der Waals surface area contributed by atoms with Gasteiger partial charge < -0.3 is 5.11 Å². The van der Waals surface area contributed by atoms with Crippen molar-refractivity contribution in [3.05, 3.63) is 45.5 Å². The van der Waals surface area contributed by atoms with Crippen LogP contribution in [0.5, 0.6) is 0 Å². The van der Waals surface area contributed by atoms with Crippen molar-refractivity contribution in [2.45, 2.75) is 4.90 Å². The maximum absolute atomic E-state index is 12.2. The van der Waals surface area contributed by atoms with Gasteiger partial charge in [-0.1, -0.05) is 11.6 Å². The molecule has 0 aliphatic rings. The van der Waals surface area contributed by atoms with Gasteiger partial charge in [0.05, 0.1) is 5.56 Å². The average molecular weight is 393 g/mol. The number of carboxylic acid groups (broad SMARTS) is 1. The highest BCUT2D eigenvalue weighted by atomic mass is 79.9. The number of sulfonamides is 1. The van der Waals surface area contributed by atoms with Gasteiger partial charge in [-0.15, -0.1) is 10.2 Å². The zero-order chi connectivity index (χ0) is 15.6. The molecule has 0 amide bonds. The number of nitrogens with zero attached hydrogens (tertiary/aromatic N) is 2. The van der Waals surface area contributed by atoms with Crippen molar-refractivity contribution < 1.29 is 18.3 Å². The van der Waals surface area contributed by atoms with E-state index in [0.717, 1.165) is 6.07 Å². The molecule has 0 atom stereocenters. The number of rotatable bonds is 4. The smallest absolute Gasteiger partial charge is 0.335 e. The molecule has 1 aromatic carbocycles. The molecule has 10 heteroatoms. The number of benzene rings is 1. The van der Waals surface area contributed by atoms with Gasteiger partial charge in [0.15, 0.2) is 11.0 Å². The van der Waals surface area contributed by atoms with E-state index >= 15 is 0 Å². The monoisotopic (exact) mass is 391 g/mol. The second-order valence-corrected chi connectivity index (χ2v) is 6.69. The second kappa shape index (κ2) is 5.96. The first-order valence-corrected chi connectivity index (χ1v) is 8.00. The van der Waals surface area contributed by atoms with Gasteiger partial charge >= 0.3 is 5.97 Å². The molecule has 0 saturated carbocycles. The Labute approximate surface area is 133 Å². The van der Waals surface area contributed by atoms with Gasteiger partial charge in [-0.2, -0.15) is 0 Å². The molecule has 21 heavy (non-hydrogen) atoms. The third-order valence-corrected chi connectivity index (χ3v) is 4.89. The maximum Gasteiger partial charge on any atom is 0.335 e. The number of nitrogens with one attached hydrogen (secondary N) is 1. The van der Waals surface area contributed by atoms with Crippen molar-refractivity contribution in [3.63, 3.8) is 0 Å². The van der Waals surface area contributed by atoms with E-state index < -0.39 is 16.0 Å². The number of hydrogen-bond donors (Lipinski definition) is 2. The molecule has 0 radical (unpaired) electrons. The molecule has 110 valence electrons. The van der Waals surface area contributed by atoms with Crippen molar-refractivity contribution >= 4 is 49.3 Å². The first-order chi connectivity index (χ1) is 9.79. The molecule has 0 bridgehead atoms. The normalized spacial score (nSPS) is 11.1. The van der Waals surface area contributed by atoms with Gasteiger partial charge in [-0.3, -0.25) is 4.72 Å². The van der Waals surface area contributed by atoms with Crippen molar-refractivity contribution in [2.75, 3.05) is 4.72 Å². The summed E-state index contributed by atoms with van der Waals surface area (Å²) in [6, 6.07) is 6.37. The van der Waals surface area contributed by atoms with E-state index in [-0.39, 0.29) is 25.9 Å². The van der Waals surface area contributed by atoms with Crippen LogP contribution in [0.15, 0.2) is 39.7 Å². The van der Waals surface area contributed by atoms with Crippen LogP contribution >= 0.6 is 27.5 Å². The minimum atomic E-state index is -4.02. The highest BCUT2D eigenvalue weighted by Crippen LogP contribution is 2.25. The van der Waals surface area contributed by atoms with E-state index in [4.69, 9.17) is 16.7 Å². The number of carbonyl (C=O) groups is 1. The molecule has 0 saturated heterocycles. The van der Waals surface area contributed by atoms with Crippen LogP contribution in [0.25, 0.3) is 0 Å². The van der Waals surface area contributed by atoms with E-state index in [2.05, 4.69) is 30.8 Å². The predicted octanol–water partition coefficient (Wildman–Crippen LogP) is 2.39. The molecule has 0 fully saturated rings. The SMILES string of the molecule is O=C(O)c1ccc(Br)c(S(=O)(=O)Nc2ccc(Cl)nn2)c1. The van der Waals surface area contributed by atoms with E-state index in [1.807, 2.05) is 0 Å². The van der Waals surface area contributed by atoms with Crippen LogP contribution in [-0.4, -0.2) is 29.7 Å². The Morgan fingerprint density at radius 2 is 1.95 bits per heavy atom. The average Bonchev–Trinajstić information content (AvgIpc) is 2.41. The fraction of sp³-hybridized carbons (Fsp3) is 0. The number of hydrogen-bond acceptors (Lipinski definition) is 5. The second-order valence-electron chi connectivity index (χ2n) is 3.80. The first-order valence-electron chi connectivity index (χ1n) is 5.34. The number of carboxylic acids is 1. The van der Waals surface area contributed by atoms with Crippen molar-refractivity contribution in [1.82, 2.24) is 10.2 Å². The van der Waals surface area contributed by atoms with Crippen LogP contribution < -0.4 is 4.72 Å². The summed E-state index contributed by atoms with van der Waals surface area (Å²) in [6.45, 7) is 0. The third-order valence-electron chi connectivity index (χ3n) is 2.34. The molecule has 0 aliphatic heterocycles. The number of halogens is 2. The highest BCUT2D eigenvalue weighted by Gasteiger charge is 2.20. The van der Waals surface area contributed by atoms with Crippen LogP contribution in [0, 0.1) is 0 Å². The van der Waals surface area contributed by atoms with Gasteiger partial charge in [0.2, 0.25) is 0 Å². The molecular weight excluding hydrogens is 386 g/mol. The summed E-state index contributed by atoms with van der Waals surface area (Å²) < 4.78 is 26.9. The van der Waals surface area contributed by atoms with Gasteiger partial charge in [-0.05, 0) is 46.3 Å². The lowest BCUT2D eigenvalue weighted by molar-refractivity contribution is 0.0696. The van der Waals surface area contributed by atoms with Crippen LogP contribution in [0.4, 0.5) is 5.82 Å². The standard InChI is InChI=1S/C11H7BrClN3O4S/c12-7-2-1-6(11(17)18)5-8(7)21(19,20)16-10-4-3-9(13)14-15-10/h1-5H,(H,15,16)(H,17,18). The van der Waals surface area contributed by atoms with Crippen molar-refractivity contribution in [2.24, 2.45) is 0 Å². The van der Waals surface area contributed by atoms with Crippen LogP contribution in [0.2, 0.25) is 5.15 Å². The Bertz CT molecular complexity index is 796. The van der Waals surface area contributed by atoms with Gasteiger partial charge in [0.1, 0.15) is 4.90 Å². The lowest BCUT2D eigenvalue weighted by Crippen LogP contribution is -2.15. The largest absolute Gasteiger partial charge is 0.478 e. The Morgan fingerprint density at radius 1 is 1.24 bits per heavy atom. The molecule has 0 aliphatic carbocycles. The summed E-state index contributed by atoms with van der Waals surface area (Å²) in [5, 5.41) is 16.1. The fourth-order valence-electron chi connectivity index (χ4n) is 1.41. The number of aromatic carboxylic acids is 1. The van der Waals surface area contributed by atoms with Gasteiger partial charge in [0, 0.05) is 4.47 Å². The molecule has 2 aromatic rings. The fourth-order valence-corrected chi connectivity index (χ4v) is 3.49. The molecule has 0 unspecified atom stereocenters. The molecular formula is C11H7BrClN3O4S. The molecule has 1 aromatic heterocycles. The molecule has 1 heterocycles. The molecule has 7 nitrogen and oxygen atoms in total. The zero-order valence-electron chi connectivity index (χ0n) is 10.1. The highest BCUT2D eigenvalue weighted by molar-refractivity contribution is 9.10. The lowest BCUT2D eigenvalue weighted by Gasteiger charge is -2.09. The molecule has 2 rings (SSSR count). The van der Waals surface area contributed by atoms with Gasteiger partial charge in [-0.25, -0.2) is 13.2 Å². The van der Waals surface area contributed by atoms with E-state index in [1.54, 1.807) is 0 Å². The van der Waals surface area contributed by atoms with Crippen LogP contribution in [0.3, 0.4) is 0 Å². The lowest BCUT2D eigenvalue weighted by atomic mass is 10.2. The minimum Gasteiger partial charge on any atom is -0.478 e. The Kier molecular flexibility index (Phi) is 4.45. The summed E-state index contributed by atoms with van der Waals surface area (Å²) in [4.78, 5) is 10.7. The topological polar surface area (TPSA) is 109 Å². The maximum atomic E-state index is 12.2. The summed E-state index contributed by atoms with van der Waals surface area (Å²) >= 11 is 8.63. The number of aromatic nitrogens is 2. The summed E-state index contributed by atoms with van der Waals surface area (Å²) in [6.07, 6.45) is 0. The Hall–Kier alpha value is -1.71. The summed E-state index contributed by atoms with van der Waals surface area (Å²) in [5.74, 6) is -1.27. The van der Waals surface area contributed by atoms with Crippen molar-refractivity contribution in [1.29, 1.82) is 0 Å². The van der Waals surface area contributed by atoms with Crippen molar-refractivity contribution in [3.8, 4) is 0 Å². The third kappa shape index (κ3) is 3.69. The van der Waals surface area contributed by atoms with E-state index in [0.29, 0.717) is 0 Å². The minimum absolute atomic E-state index is 0.0352. The number of anilines is 1. The van der Waals surface area contributed by atoms with Gasteiger partial charge in [0.25, 0.3) is 10.0 Å². The van der Waals surface area contributed by atoms with E-state index in [1.165, 1.54) is 24.3 Å². The molecule has 0 spiro atoms. The predicted molar refractivity (Wildman–Crippen MR) is 79.0 cm³/mol. The Morgan fingerprint density at radius 3 is 2.52 bits per heavy atom. The molecule has 2 N–H and O–H groups in total. The summed E-state index contributed by atoms with van der Waals surface area (Å²) in [5.41, 5.74) is -0.152. The Balaban J connectivity index is 2.41. The zero-order valence-corrected chi connectivity index (χ0v) is 13.3. The summed E-state index contributed by atoms with van der Waals surface area (Å²) in [7, 11) is -4.02. The van der Waals surface area contributed by atoms with Crippen LogP contribution in [-0.2, 0) is 10.0 Å². The quantitative estimate of drug-likeness (QED) is 0.827. The first kappa shape index (κ1) is 15.7.